The molecule has 0 aromatic heterocycles. The fraction of sp³-hybridized carbons (Fsp3) is 1.00. The van der Waals surface area contributed by atoms with Gasteiger partial charge in [0.2, 0.25) is 0 Å². The molecule has 7 atom stereocenters. The Bertz CT molecular complexity index is 559. The van der Waals surface area contributed by atoms with Crippen LogP contribution in [0.3, 0.4) is 0 Å². The molecule has 7 unspecified atom stereocenters. The first kappa shape index (κ1) is 25.0. The molecule has 0 amide bonds. The lowest BCUT2D eigenvalue weighted by Crippen LogP contribution is -2.76. The monoisotopic (exact) mass is 444 g/mol. The van der Waals surface area contributed by atoms with Gasteiger partial charge in [-0.2, -0.15) is 0 Å². The highest BCUT2D eigenvalue weighted by Gasteiger charge is 2.54. The van der Waals surface area contributed by atoms with E-state index < -0.39 is 0 Å². The topological polar surface area (TPSA) is 24.1 Å². The molecule has 2 N–H and O–H groups in total. The SMILES string of the molecule is CCC1CCCC(C2CC(C3CCCC(CC)C3)(C3CCCC(CC)C3)NC(C)(C)N2)C1. The Morgan fingerprint density at radius 3 is 1.69 bits per heavy atom. The van der Waals surface area contributed by atoms with Crippen LogP contribution in [-0.4, -0.2) is 17.2 Å². The summed E-state index contributed by atoms with van der Waals surface area (Å²) in [6.45, 7) is 12.3. The van der Waals surface area contributed by atoms with Gasteiger partial charge in [0.25, 0.3) is 0 Å². The summed E-state index contributed by atoms with van der Waals surface area (Å²) in [6, 6.07) is 0.713. The number of hydrogen-bond acceptors (Lipinski definition) is 2. The molecule has 0 bridgehead atoms. The fourth-order valence-electron chi connectivity index (χ4n) is 9.03. The third-order valence-electron chi connectivity index (χ3n) is 10.8. The van der Waals surface area contributed by atoms with E-state index in [-0.39, 0.29) is 5.66 Å². The Hall–Kier alpha value is -0.0800. The summed E-state index contributed by atoms with van der Waals surface area (Å²) in [5, 5.41) is 8.60. The molecule has 1 aliphatic heterocycles. The lowest BCUT2D eigenvalue weighted by Gasteiger charge is -2.61. The van der Waals surface area contributed by atoms with Gasteiger partial charge in [-0.15, -0.1) is 0 Å². The minimum atomic E-state index is 0.0559. The van der Waals surface area contributed by atoms with Gasteiger partial charge in [0.05, 0.1) is 5.66 Å². The van der Waals surface area contributed by atoms with Gasteiger partial charge >= 0.3 is 0 Å². The van der Waals surface area contributed by atoms with Gasteiger partial charge in [0.15, 0.2) is 0 Å². The van der Waals surface area contributed by atoms with Crippen LogP contribution in [0, 0.1) is 35.5 Å². The third kappa shape index (κ3) is 5.42. The Labute approximate surface area is 200 Å². The van der Waals surface area contributed by atoms with E-state index in [0.29, 0.717) is 11.6 Å². The molecule has 0 radical (unpaired) electrons. The van der Waals surface area contributed by atoms with E-state index in [1.165, 1.54) is 103 Å². The number of hydrogen-bond donors (Lipinski definition) is 2. The van der Waals surface area contributed by atoms with Crippen LogP contribution in [0.25, 0.3) is 0 Å². The Morgan fingerprint density at radius 2 is 1.16 bits per heavy atom. The molecule has 0 aromatic rings. The molecule has 4 fully saturated rings. The first-order chi connectivity index (χ1) is 15.4. The van der Waals surface area contributed by atoms with E-state index in [4.69, 9.17) is 0 Å². The van der Waals surface area contributed by atoms with Crippen molar-refractivity contribution in [3.63, 3.8) is 0 Å². The second kappa shape index (κ2) is 10.7. The van der Waals surface area contributed by atoms with Gasteiger partial charge in [-0.25, -0.2) is 0 Å². The highest BCUT2D eigenvalue weighted by atomic mass is 15.3. The molecule has 1 heterocycles. The molecule has 0 spiro atoms. The van der Waals surface area contributed by atoms with Crippen molar-refractivity contribution in [2.24, 2.45) is 35.5 Å². The van der Waals surface area contributed by atoms with Gasteiger partial charge < -0.3 is 0 Å². The van der Waals surface area contributed by atoms with E-state index in [9.17, 15) is 0 Å². The van der Waals surface area contributed by atoms with Crippen molar-refractivity contribution in [3.8, 4) is 0 Å². The molecular weight excluding hydrogens is 388 g/mol. The molecule has 1 saturated heterocycles. The van der Waals surface area contributed by atoms with Crippen LogP contribution in [0.5, 0.6) is 0 Å². The van der Waals surface area contributed by atoms with Crippen molar-refractivity contribution >= 4 is 0 Å². The zero-order valence-corrected chi connectivity index (χ0v) is 22.4. The van der Waals surface area contributed by atoms with Crippen LogP contribution in [-0.2, 0) is 0 Å². The minimum absolute atomic E-state index is 0.0559. The molecule has 32 heavy (non-hydrogen) atoms. The van der Waals surface area contributed by atoms with Crippen LogP contribution < -0.4 is 10.6 Å². The summed E-state index contributed by atoms with van der Waals surface area (Å²) in [5.74, 6) is 5.57. The summed E-state index contributed by atoms with van der Waals surface area (Å²) in [7, 11) is 0. The molecule has 186 valence electrons. The fourth-order valence-corrected chi connectivity index (χ4v) is 9.03. The summed E-state index contributed by atoms with van der Waals surface area (Å²) >= 11 is 0. The molecule has 3 saturated carbocycles. The van der Waals surface area contributed by atoms with E-state index in [1.807, 2.05) is 0 Å². The summed E-state index contributed by atoms with van der Waals surface area (Å²) in [4.78, 5) is 0. The van der Waals surface area contributed by atoms with Crippen LogP contribution >= 0.6 is 0 Å². The van der Waals surface area contributed by atoms with Gasteiger partial charge in [0.1, 0.15) is 0 Å². The standard InChI is InChI=1S/C30H56N2/c1-6-22-12-9-15-25(18-22)28-21-30(32-29(4,5)31-28,26-16-10-13-23(7-2)19-26)27-17-11-14-24(8-3)20-27/h22-28,31-32H,6-21H2,1-5H3. The molecular formula is C30H56N2. The van der Waals surface area contributed by atoms with Gasteiger partial charge in [-0.3, -0.25) is 10.6 Å². The number of rotatable bonds is 6. The zero-order valence-electron chi connectivity index (χ0n) is 22.4. The van der Waals surface area contributed by atoms with Crippen molar-refractivity contribution in [1.29, 1.82) is 0 Å². The van der Waals surface area contributed by atoms with Gasteiger partial charge in [-0.05, 0) is 94.3 Å². The Kier molecular flexibility index (Phi) is 8.35. The average molecular weight is 445 g/mol. The van der Waals surface area contributed by atoms with Crippen molar-refractivity contribution < 1.29 is 0 Å². The van der Waals surface area contributed by atoms with Crippen LogP contribution in [0.4, 0.5) is 0 Å². The molecule has 4 aliphatic rings. The largest absolute Gasteiger partial charge is 0.297 e. The predicted molar refractivity (Wildman–Crippen MR) is 139 cm³/mol. The lowest BCUT2D eigenvalue weighted by molar-refractivity contribution is -0.0439. The van der Waals surface area contributed by atoms with Crippen LogP contribution in [0.2, 0.25) is 0 Å². The molecule has 4 rings (SSSR count). The molecule has 2 nitrogen and oxygen atoms in total. The molecule has 0 aromatic carbocycles. The van der Waals surface area contributed by atoms with E-state index >= 15 is 0 Å². The summed E-state index contributed by atoms with van der Waals surface area (Å²) in [5.41, 5.74) is 0.417. The maximum absolute atomic E-state index is 4.42. The Balaban J connectivity index is 1.65. The number of nitrogens with one attached hydrogen (secondary N) is 2. The second-order valence-electron chi connectivity index (χ2n) is 13.2. The van der Waals surface area contributed by atoms with E-state index in [2.05, 4.69) is 45.3 Å². The maximum Gasteiger partial charge on any atom is 0.0635 e. The van der Waals surface area contributed by atoms with Crippen molar-refractivity contribution in [2.75, 3.05) is 0 Å². The summed E-state index contributed by atoms with van der Waals surface area (Å²) < 4.78 is 0. The first-order valence-electron chi connectivity index (χ1n) is 15.0. The normalized spacial score (nSPS) is 45.5. The molecule has 2 heteroatoms. The predicted octanol–water partition coefficient (Wildman–Crippen LogP) is 8.06. The molecule has 3 aliphatic carbocycles. The van der Waals surface area contributed by atoms with E-state index in [1.54, 1.807) is 0 Å². The van der Waals surface area contributed by atoms with Crippen molar-refractivity contribution in [2.45, 2.75) is 155 Å². The smallest absolute Gasteiger partial charge is 0.0635 e. The lowest BCUT2D eigenvalue weighted by atomic mass is 9.56. The third-order valence-corrected chi connectivity index (χ3v) is 10.8. The highest BCUT2D eigenvalue weighted by Crippen LogP contribution is 2.51. The summed E-state index contributed by atoms with van der Waals surface area (Å²) in [6.07, 6.45) is 23.3. The second-order valence-corrected chi connectivity index (χ2v) is 13.2. The Morgan fingerprint density at radius 1 is 0.656 bits per heavy atom. The highest BCUT2D eigenvalue weighted by molar-refractivity contribution is 5.11. The average Bonchev–Trinajstić information content (AvgIpc) is 2.83. The maximum atomic E-state index is 4.42. The van der Waals surface area contributed by atoms with Crippen LogP contribution in [0.1, 0.15) is 137 Å². The zero-order chi connectivity index (χ0) is 22.8. The van der Waals surface area contributed by atoms with Crippen LogP contribution in [0.15, 0.2) is 0 Å². The van der Waals surface area contributed by atoms with Gasteiger partial charge in [-0.1, -0.05) is 78.6 Å². The quantitative estimate of drug-likeness (QED) is 0.433. The van der Waals surface area contributed by atoms with E-state index in [0.717, 1.165) is 35.5 Å². The van der Waals surface area contributed by atoms with Crippen molar-refractivity contribution in [1.82, 2.24) is 10.6 Å². The van der Waals surface area contributed by atoms with Gasteiger partial charge in [0, 0.05) is 11.6 Å². The van der Waals surface area contributed by atoms with Crippen molar-refractivity contribution in [3.05, 3.63) is 0 Å². The first-order valence-corrected chi connectivity index (χ1v) is 15.0. The minimum Gasteiger partial charge on any atom is -0.297 e.